The van der Waals surface area contributed by atoms with Crippen molar-refractivity contribution in [3.8, 4) is 5.75 Å². The second-order valence-corrected chi connectivity index (χ2v) is 5.94. The fourth-order valence-electron chi connectivity index (χ4n) is 1.95. The molecular formula is C15H23NO. The number of hydrogen-bond acceptors (Lipinski definition) is 2. The van der Waals surface area contributed by atoms with Gasteiger partial charge in [-0.15, -0.1) is 0 Å². The first-order valence-electron chi connectivity index (χ1n) is 6.50. The van der Waals surface area contributed by atoms with Crippen molar-refractivity contribution >= 4 is 0 Å². The molecule has 17 heavy (non-hydrogen) atoms. The van der Waals surface area contributed by atoms with E-state index in [0.717, 1.165) is 37.8 Å². The van der Waals surface area contributed by atoms with Gasteiger partial charge in [-0.1, -0.05) is 32.9 Å². The number of ether oxygens (including phenoxy) is 1. The van der Waals surface area contributed by atoms with Crippen molar-refractivity contribution in [2.75, 3.05) is 19.7 Å². The zero-order valence-electron chi connectivity index (χ0n) is 11.1. The van der Waals surface area contributed by atoms with Gasteiger partial charge in [0.15, 0.2) is 0 Å². The lowest BCUT2D eigenvalue weighted by atomic mass is 9.87. The highest BCUT2D eigenvalue weighted by Gasteiger charge is 2.17. The van der Waals surface area contributed by atoms with E-state index in [-0.39, 0.29) is 5.41 Å². The Bertz CT molecular complexity index is 363. The molecule has 1 aromatic carbocycles. The Morgan fingerprint density at radius 1 is 1.29 bits per heavy atom. The molecule has 0 atom stereocenters. The summed E-state index contributed by atoms with van der Waals surface area (Å²) in [5, 5.41) is 3.28. The molecule has 1 fully saturated rings. The maximum Gasteiger partial charge on any atom is 0.119 e. The molecule has 0 bridgehead atoms. The minimum absolute atomic E-state index is 0.192. The molecule has 0 aromatic heterocycles. The maximum atomic E-state index is 5.82. The van der Waals surface area contributed by atoms with Crippen molar-refractivity contribution < 1.29 is 4.74 Å². The smallest absolute Gasteiger partial charge is 0.119 e. The van der Waals surface area contributed by atoms with Crippen LogP contribution in [0.2, 0.25) is 0 Å². The van der Waals surface area contributed by atoms with Gasteiger partial charge in [-0.3, -0.25) is 0 Å². The van der Waals surface area contributed by atoms with Gasteiger partial charge in [0.2, 0.25) is 0 Å². The third-order valence-electron chi connectivity index (χ3n) is 3.36. The SMILES string of the molecule is CC(C)(C)c1cccc(OCCC2CNC2)c1. The molecule has 0 saturated carbocycles. The van der Waals surface area contributed by atoms with Crippen LogP contribution in [-0.2, 0) is 5.41 Å². The molecule has 1 saturated heterocycles. The molecular weight excluding hydrogens is 210 g/mol. The Balaban J connectivity index is 1.87. The third kappa shape index (κ3) is 3.47. The topological polar surface area (TPSA) is 21.3 Å². The second kappa shape index (κ2) is 5.09. The molecule has 1 aliphatic rings. The van der Waals surface area contributed by atoms with Gasteiger partial charge >= 0.3 is 0 Å². The van der Waals surface area contributed by atoms with Gasteiger partial charge in [0.05, 0.1) is 6.61 Å². The van der Waals surface area contributed by atoms with E-state index in [4.69, 9.17) is 4.74 Å². The van der Waals surface area contributed by atoms with Crippen LogP contribution in [0.15, 0.2) is 24.3 Å². The third-order valence-corrected chi connectivity index (χ3v) is 3.36. The van der Waals surface area contributed by atoms with Gasteiger partial charge in [-0.25, -0.2) is 0 Å². The van der Waals surface area contributed by atoms with Crippen LogP contribution in [0.5, 0.6) is 5.75 Å². The summed E-state index contributed by atoms with van der Waals surface area (Å²) in [4.78, 5) is 0. The van der Waals surface area contributed by atoms with E-state index in [0.29, 0.717) is 0 Å². The van der Waals surface area contributed by atoms with Gasteiger partial charge < -0.3 is 10.1 Å². The van der Waals surface area contributed by atoms with Crippen LogP contribution in [0.25, 0.3) is 0 Å². The Morgan fingerprint density at radius 3 is 2.65 bits per heavy atom. The molecule has 1 aromatic rings. The van der Waals surface area contributed by atoms with Crippen molar-refractivity contribution in [1.29, 1.82) is 0 Å². The average molecular weight is 233 g/mol. The van der Waals surface area contributed by atoms with E-state index in [9.17, 15) is 0 Å². The van der Waals surface area contributed by atoms with Gasteiger partial charge in [-0.05, 0) is 48.5 Å². The molecule has 2 nitrogen and oxygen atoms in total. The van der Waals surface area contributed by atoms with Gasteiger partial charge in [0.25, 0.3) is 0 Å². The number of hydrogen-bond donors (Lipinski definition) is 1. The number of benzene rings is 1. The van der Waals surface area contributed by atoms with E-state index in [2.05, 4.69) is 44.3 Å². The van der Waals surface area contributed by atoms with Crippen LogP contribution in [0.4, 0.5) is 0 Å². The van der Waals surface area contributed by atoms with Crippen molar-refractivity contribution in [1.82, 2.24) is 5.32 Å². The van der Waals surface area contributed by atoms with E-state index in [1.807, 2.05) is 6.07 Å². The normalized spacial score (nSPS) is 16.6. The first-order valence-corrected chi connectivity index (χ1v) is 6.50. The summed E-state index contributed by atoms with van der Waals surface area (Å²) < 4.78 is 5.82. The molecule has 1 N–H and O–H groups in total. The van der Waals surface area contributed by atoms with Gasteiger partial charge in [-0.2, -0.15) is 0 Å². The van der Waals surface area contributed by atoms with Crippen molar-refractivity contribution in [3.05, 3.63) is 29.8 Å². The van der Waals surface area contributed by atoms with E-state index in [1.165, 1.54) is 5.56 Å². The lowest BCUT2D eigenvalue weighted by Gasteiger charge is -2.27. The predicted molar refractivity (Wildman–Crippen MR) is 71.6 cm³/mol. The molecule has 2 heteroatoms. The predicted octanol–water partition coefficient (Wildman–Crippen LogP) is 2.97. The second-order valence-electron chi connectivity index (χ2n) is 5.94. The molecule has 0 amide bonds. The molecule has 1 aliphatic heterocycles. The first-order chi connectivity index (χ1) is 8.05. The summed E-state index contributed by atoms with van der Waals surface area (Å²) in [5.74, 6) is 1.82. The summed E-state index contributed by atoms with van der Waals surface area (Å²) in [6.07, 6.45) is 1.16. The molecule has 0 radical (unpaired) electrons. The minimum atomic E-state index is 0.192. The van der Waals surface area contributed by atoms with Gasteiger partial charge in [0.1, 0.15) is 5.75 Å². The summed E-state index contributed by atoms with van der Waals surface area (Å²) in [6, 6.07) is 8.47. The Morgan fingerprint density at radius 2 is 2.06 bits per heavy atom. The first kappa shape index (κ1) is 12.4. The highest BCUT2D eigenvalue weighted by atomic mass is 16.5. The standard InChI is InChI=1S/C15H23NO/c1-15(2,3)13-5-4-6-14(9-13)17-8-7-12-10-16-11-12/h4-6,9,12,16H,7-8,10-11H2,1-3H3. The molecule has 0 unspecified atom stereocenters. The zero-order valence-corrected chi connectivity index (χ0v) is 11.1. The summed E-state index contributed by atoms with van der Waals surface area (Å²) in [5.41, 5.74) is 1.53. The van der Waals surface area contributed by atoms with Crippen molar-refractivity contribution in [2.45, 2.75) is 32.6 Å². The van der Waals surface area contributed by atoms with Crippen molar-refractivity contribution in [2.24, 2.45) is 5.92 Å². The Labute approximate surface area is 104 Å². The van der Waals surface area contributed by atoms with Crippen molar-refractivity contribution in [3.63, 3.8) is 0 Å². The van der Waals surface area contributed by atoms with E-state index >= 15 is 0 Å². The fraction of sp³-hybridized carbons (Fsp3) is 0.600. The molecule has 2 rings (SSSR count). The van der Waals surface area contributed by atoms with Gasteiger partial charge in [0, 0.05) is 0 Å². The van der Waals surface area contributed by atoms with Crippen LogP contribution in [0.1, 0.15) is 32.8 Å². The zero-order chi connectivity index (χ0) is 12.3. The Kier molecular flexibility index (Phi) is 3.72. The molecule has 94 valence electrons. The molecule has 0 aliphatic carbocycles. The largest absolute Gasteiger partial charge is 0.494 e. The summed E-state index contributed by atoms with van der Waals surface area (Å²) >= 11 is 0. The highest BCUT2D eigenvalue weighted by molar-refractivity contribution is 5.32. The lowest BCUT2D eigenvalue weighted by molar-refractivity contribution is 0.238. The van der Waals surface area contributed by atoms with Crippen LogP contribution in [-0.4, -0.2) is 19.7 Å². The van der Waals surface area contributed by atoms with Crippen LogP contribution >= 0.6 is 0 Å². The molecule has 0 spiro atoms. The Hall–Kier alpha value is -1.02. The number of nitrogens with one attached hydrogen (secondary N) is 1. The summed E-state index contributed by atoms with van der Waals surface area (Å²) in [6.45, 7) is 9.83. The monoisotopic (exact) mass is 233 g/mol. The molecule has 1 heterocycles. The maximum absolute atomic E-state index is 5.82. The minimum Gasteiger partial charge on any atom is -0.494 e. The summed E-state index contributed by atoms with van der Waals surface area (Å²) in [7, 11) is 0. The van der Waals surface area contributed by atoms with Crippen LogP contribution in [0, 0.1) is 5.92 Å². The quantitative estimate of drug-likeness (QED) is 0.863. The number of rotatable bonds is 4. The fourth-order valence-corrected chi connectivity index (χ4v) is 1.95. The lowest BCUT2D eigenvalue weighted by Crippen LogP contribution is -2.42. The van der Waals surface area contributed by atoms with Crippen LogP contribution in [0.3, 0.4) is 0 Å². The van der Waals surface area contributed by atoms with Crippen LogP contribution < -0.4 is 10.1 Å². The van der Waals surface area contributed by atoms with E-state index < -0.39 is 0 Å². The average Bonchev–Trinajstić information content (AvgIpc) is 2.21. The highest BCUT2D eigenvalue weighted by Crippen LogP contribution is 2.25. The van der Waals surface area contributed by atoms with E-state index in [1.54, 1.807) is 0 Å².